The van der Waals surface area contributed by atoms with Crippen LogP contribution in [0, 0.1) is 6.92 Å². The van der Waals surface area contributed by atoms with Gasteiger partial charge in [0.15, 0.2) is 5.67 Å². The molecule has 1 aliphatic rings. The minimum absolute atomic E-state index is 0.486. The maximum absolute atomic E-state index is 14.7. The van der Waals surface area contributed by atoms with Gasteiger partial charge in [-0.2, -0.15) is 0 Å². The molecule has 1 aromatic heterocycles. The Balaban J connectivity index is 2.05. The number of benzene rings is 1. The van der Waals surface area contributed by atoms with Crippen molar-refractivity contribution in [1.82, 2.24) is 5.32 Å². The molecule has 0 saturated carbocycles. The van der Waals surface area contributed by atoms with E-state index in [-0.39, 0.29) is 0 Å². The zero-order valence-corrected chi connectivity index (χ0v) is 9.92. The molecule has 0 aliphatic carbocycles. The summed E-state index contributed by atoms with van der Waals surface area (Å²) >= 11 is 0. The molecule has 0 bridgehead atoms. The summed E-state index contributed by atoms with van der Waals surface area (Å²) in [4.78, 5) is 0. The van der Waals surface area contributed by atoms with Crippen LogP contribution in [-0.2, 0) is 5.67 Å². The third-order valence-electron chi connectivity index (χ3n) is 3.51. The summed E-state index contributed by atoms with van der Waals surface area (Å²) in [5.41, 5.74) is 0.655. The molecule has 0 spiro atoms. The predicted molar refractivity (Wildman–Crippen MR) is 65.8 cm³/mol. The number of hydrogen-bond acceptors (Lipinski definition) is 2. The first-order valence-corrected chi connectivity index (χ1v) is 6.08. The molecule has 1 N–H and O–H groups in total. The molecule has 90 valence electrons. The minimum atomic E-state index is -1.29. The van der Waals surface area contributed by atoms with Gasteiger partial charge in [0.1, 0.15) is 11.3 Å². The normalized spacial score (nSPS) is 19.6. The number of halogens is 1. The van der Waals surface area contributed by atoms with E-state index in [1.165, 1.54) is 5.56 Å². The fraction of sp³-hybridized carbons (Fsp3) is 0.429. The largest absolute Gasteiger partial charge is 0.458 e. The molecule has 1 fully saturated rings. The van der Waals surface area contributed by atoms with Crippen molar-refractivity contribution in [1.29, 1.82) is 0 Å². The second-order valence-electron chi connectivity index (χ2n) is 4.87. The lowest BCUT2D eigenvalue weighted by Gasteiger charge is -2.27. The quantitative estimate of drug-likeness (QED) is 0.817. The molecule has 2 heterocycles. The molecule has 0 unspecified atom stereocenters. The van der Waals surface area contributed by atoms with Crippen molar-refractivity contribution < 1.29 is 8.81 Å². The Morgan fingerprint density at radius 1 is 1.24 bits per heavy atom. The molecule has 2 aromatic rings. The van der Waals surface area contributed by atoms with Gasteiger partial charge in [-0.25, -0.2) is 4.39 Å². The lowest BCUT2D eigenvalue weighted by molar-refractivity contribution is 0.0889. The van der Waals surface area contributed by atoms with Crippen LogP contribution in [0.2, 0.25) is 0 Å². The summed E-state index contributed by atoms with van der Waals surface area (Å²) < 4.78 is 20.4. The Labute approximate surface area is 99.8 Å². The van der Waals surface area contributed by atoms with E-state index < -0.39 is 5.67 Å². The van der Waals surface area contributed by atoms with Crippen LogP contribution >= 0.6 is 0 Å². The van der Waals surface area contributed by atoms with Crippen molar-refractivity contribution in [3.05, 3.63) is 35.6 Å². The summed E-state index contributed by atoms with van der Waals surface area (Å²) in [7, 11) is 0. The zero-order chi connectivity index (χ0) is 11.9. The topological polar surface area (TPSA) is 25.2 Å². The van der Waals surface area contributed by atoms with Crippen molar-refractivity contribution in [2.75, 3.05) is 13.1 Å². The van der Waals surface area contributed by atoms with Crippen molar-refractivity contribution in [2.45, 2.75) is 25.4 Å². The maximum Gasteiger partial charge on any atom is 0.170 e. The Bertz CT molecular complexity index is 540. The highest BCUT2D eigenvalue weighted by atomic mass is 19.1. The van der Waals surface area contributed by atoms with E-state index in [0.29, 0.717) is 31.7 Å². The number of aryl methyl sites for hydroxylation is 1. The van der Waals surface area contributed by atoms with Gasteiger partial charge in [0, 0.05) is 18.2 Å². The number of alkyl halides is 1. The van der Waals surface area contributed by atoms with Crippen LogP contribution in [0.5, 0.6) is 0 Å². The maximum atomic E-state index is 14.7. The molecule has 3 heteroatoms. The van der Waals surface area contributed by atoms with Crippen LogP contribution in [0.25, 0.3) is 11.0 Å². The van der Waals surface area contributed by atoms with E-state index >= 15 is 0 Å². The van der Waals surface area contributed by atoms with E-state index in [2.05, 4.69) is 5.32 Å². The molecular weight excluding hydrogens is 217 g/mol. The van der Waals surface area contributed by atoms with Gasteiger partial charge < -0.3 is 9.73 Å². The van der Waals surface area contributed by atoms with Gasteiger partial charge >= 0.3 is 0 Å². The summed E-state index contributed by atoms with van der Waals surface area (Å²) in [6, 6.07) is 7.79. The average molecular weight is 233 g/mol. The third kappa shape index (κ3) is 1.84. The van der Waals surface area contributed by atoms with Crippen molar-refractivity contribution in [3.63, 3.8) is 0 Å². The summed E-state index contributed by atoms with van der Waals surface area (Å²) in [6.45, 7) is 3.46. The number of furan rings is 1. The fourth-order valence-corrected chi connectivity index (χ4v) is 2.45. The highest BCUT2D eigenvalue weighted by Gasteiger charge is 2.36. The summed E-state index contributed by atoms with van der Waals surface area (Å²) in [5, 5.41) is 4.17. The van der Waals surface area contributed by atoms with Crippen molar-refractivity contribution >= 4 is 11.0 Å². The lowest BCUT2D eigenvalue weighted by Crippen LogP contribution is -2.36. The predicted octanol–water partition coefficient (Wildman–Crippen LogP) is 3.29. The van der Waals surface area contributed by atoms with E-state index in [4.69, 9.17) is 4.42 Å². The van der Waals surface area contributed by atoms with Gasteiger partial charge in [-0.3, -0.25) is 0 Å². The molecule has 0 radical (unpaired) electrons. The van der Waals surface area contributed by atoms with Crippen LogP contribution in [0.1, 0.15) is 24.2 Å². The van der Waals surface area contributed by atoms with Crippen LogP contribution < -0.4 is 5.32 Å². The van der Waals surface area contributed by atoms with Crippen molar-refractivity contribution in [3.8, 4) is 0 Å². The molecule has 0 amide bonds. The van der Waals surface area contributed by atoms with E-state index in [1.54, 1.807) is 0 Å². The Kier molecular flexibility index (Phi) is 2.44. The van der Waals surface area contributed by atoms with Gasteiger partial charge in [-0.05, 0) is 38.2 Å². The Morgan fingerprint density at radius 2 is 2.00 bits per heavy atom. The van der Waals surface area contributed by atoms with Crippen LogP contribution in [0.4, 0.5) is 4.39 Å². The van der Waals surface area contributed by atoms with Crippen LogP contribution in [0.15, 0.2) is 28.7 Å². The van der Waals surface area contributed by atoms with E-state index in [1.807, 2.05) is 31.2 Å². The lowest BCUT2D eigenvalue weighted by atomic mass is 9.92. The molecule has 3 rings (SSSR count). The van der Waals surface area contributed by atoms with Gasteiger partial charge in [-0.1, -0.05) is 11.6 Å². The van der Waals surface area contributed by atoms with Crippen molar-refractivity contribution in [2.24, 2.45) is 0 Å². The van der Waals surface area contributed by atoms with Gasteiger partial charge in [-0.15, -0.1) is 0 Å². The molecular formula is C14H16FNO. The Hall–Kier alpha value is -1.35. The molecule has 17 heavy (non-hydrogen) atoms. The van der Waals surface area contributed by atoms with Crippen LogP contribution in [-0.4, -0.2) is 13.1 Å². The SMILES string of the molecule is Cc1ccc2oc(C3(F)CCNCC3)cc2c1. The number of nitrogens with one attached hydrogen (secondary N) is 1. The molecule has 1 saturated heterocycles. The zero-order valence-electron chi connectivity index (χ0n) is 9.92. The molecule has 1 aromatic carbocycles. The number of fused-ring (bicyclic) bond motifs is 1. The highest BCUT2D eigenvalue weighted by Crippen LogP contribution is 2.38. The van der Waals surface area contributed by atoms with E-state index in [9.17, 15) is 4.39 Å². The first kappa shape index (κ1) is 10.8. The molecule has 0 atom stereocenters. The number of hydrogen-bond donors (Lipinski definition) is 1. The second kappa shape index (κ2) is 3.84. The van der Waals surface area contributed by atoms with E-state index in [0.717, 1.165) is 11.0 Å². The number of piperidine rings is 1. The average Bonchev–Trinajstić information content (AvgIpc) is 2.73. The summed E-state index contributed by atoms with van der Waals surface area (Å²) in [6.07, 6.45) is 0.984. The fourth-order valence-electron chi connectivity index (χ4n) is 2.45. The third-order valence-corrected chi connectivity index (χ3v) is 3.51. The standard InChI is InChI=1S/C14H16FNO/c1-10-2-3-12-11(8-10)9-13(17-12)14(15)4-6-16-7-5-14/h2-3,8-9,16H,4-7H2,1H3. The monoisotopic (exact) mass is 233 g/mol. The second-order valence-corrected chi connectivity index (χ2v) is 4.87. The van der Waals surface area contributed by atoms with Crippen LogP contribution in [0.3, 0.4) is 0 Å². The van der Waals surface area contributed by atoms with Gasteiger partial charge in [0.05, 0.1) is 0 Å². The smallest absolute Gasteiger partial charge is 0.170 e. The Morgan fingerprint density at radius 3 is 2.76 bits per heavy atom. The molecule has 1 aliphatic heterocycles. The van der Waals surface area contributed by atoms with Gasteiger partial charge in [0.25, 0.3) is 0 Å². The minimum Gasteiger partial charge on any atom is -0.458 e. The molecule has 2 nitrogen and oxygen atoms in total. The summed E-state index contributed by atoms with van der Waals surface area (Å²) in [5.74, 6) is 0.486. The highest BCUT2D eigenvalue weighted by molar-refractivity contribution is 5.78. The first-order valence-electron chi connectivity index (χ1n) is 6.08. The van der Waals surface area contributed by atoms with Gasteiger partial charge in [0.2, 0.25) is 0 Å². The first-order chi connectivity index (χ1) is 8.17. The number of rotatable bonds is 1.